The fourth-order valence-electron chi connectivity index (χ4n) is 3.12. The minimum absolute atomic E-state index is 0.925. The normalized spacial score (nSPS) is 20.0. The van der Waals surface area contributed by atoms with Gasteiger partial charge in [0, 0.05) is 58.0 Å². The first-order valence-electron chi connectivity index (χ1n) is 7.80. The highest BCUT2D eigenvalue weighted by Crippen LogP contribution is 2.20. The first kappa shape index (κ1) is 14.6. The molecule has 2 saturated heterocycles. The maximum absolute atomic E-state index is 5.29. The number of rotatable bonds is 4. The van der Waals surface area contributed by atoms with Gasteiger partial charge in [-0.2, -0.15) is 0 Å². The Morgan fingerprint density at radius 1 is 1.05 bits per heavy atom. The molecule has 0 spiro atoms. The Morgan fingerprint density at radius 3 is 2.48 bits per heavy atom. The molecular weight excluding hydrogens is 280 g/mol. The van der Waals surface area contributed by atoms with E-state index in [0.717, 1.165) is 57.5 Å². The first-order chi connectivity index (χ1) is 10.2. The largest absolute Gasteiger partial charge is 0.369 e. The molecule has 114 valence electrons. The smallest absolute Gasteiger partial charge is 0.169 e. The number of aryl methyl sites for hydroxylation is 1. The van der Waals surface area contributed by atoms with Gasteiger partial charge in [-0.15, -0.1) is 0 Å². The number of nitrogens with one attached hydrogen (secondary N) is 1. The molecule has 2 aliphatic heterocycles. The minimum Gasteiger partial charge on any atom is -0.369 e. The van der Waals surface area contributed by atoms with Gasteiger partial charge in [0.2, 0.25) is 0 Å². The van der Waals surface area contributed by atoms with Gasteiger partial charge >= 0.3 is 0 Å². The van der Waals surface area contributed by atoms with Crippen LogP contribution < -0.4 is 10.2 Å². The second-order valence-electron chi connectivity index (χ2n) is 5.83. The summed E-state index contributed by atoms with van der Waals surface area (Å²) in [5.41, 5.74) is 2.77. The average molecular weight is 304 g/mol. The van der Waals surface area contributed by atoms with Gasteiger partial charge < -0.3 is 15.1 Å². The average Bonchev–Trinajstić information content (AvgIpc) is 2.92. The summed E-state index contributed by atoms with van der Waals surface area (Å²) in [5.74, 6) is 0. The number of benzene rings is 1. The van der Waals surface area contributed by atoms with Crippen molar-refractivity contribution in [3.63, 3.8) is 0 Å². The van der Waals surface area contributed by atoms with E-state index in [4.69, 9.17) is 12.2 Å². The van der Waals surface area contributed by atoms with Crippen LogP contribution in [-0.4, -0.2) is 67.3 Å². The molecule has 2 heterocycles. The molecule has 0 radical (unpaired) electrons. The summed E-state index contributed by atoms with van der Waals surface area (Å²) in [4.78, 5) is 7.34. The van der Waals surface area contributed by atoms with Crippen molar-refractivity contribution in [3.8, 4) is 0 Å². The van der Waals surface area contributed by atoms with Crippen molar-refractivity contribution in [1.82, 2.24) is 15.1 Å². The summed E-state index contributed by atoms with van der Waals surface area (Å²) in [6.45, 7) is 10.9. The van der Waals surface area contributed by atoms with Crippen molar-refractivity contribution in [1.29, 1.82) is 0 Å². The van der Waals surface area contributed by atoms with Gasteiger partial charge in [-0.1, -0.05) is 18.2 Å². The van der Waals surface area contributed by atoms with Gasteiger partial charge in [0.05, 0.1) is 0 Å². The van der Waals surface area contributed by atoms with Crippen molar-refractivity contribution < 1.29 is 0 Å². The van der Waals surface area contributed by atoms with Crippen LogP contribution in [0.25, 0.3) is 0 Å². The van der Waals surface area contributed by atoms with E-state index in [0.29, 0.717) is 0 Å². The van der Waals surface area contributed by atoms with Crippen LogP contribution in [0.5, 0.6) is 0 Å². The van der Waals surface area contributed by atoms with Crippen LogP contribution in [0.15, 0.2) is 24.3 Å². The van der Waals surface area contributed by atoms with Crippen LogP contribution in [-0.2, 0) is 0 Å². The van der Waals surface area contributed by atoms with E-state index < -0.39 is 0 Å². The van der Waals surface area contributed by atoms with Crippen LogP contribution >= 0.6 is 12.2 Å². The summed E-state index contributed by atoms with van der Waals surface area (Å²) in [6, 6.07) is 8.68. The zero-order valence-corrected chi connectivity index (χ0v) is 13.5. The maximum atomic E-state index is 5.29. The molecular formula is C16H24N4S. The zero-order chi connectivity index (χ0) is 14.7. The third-order valence-electron chi connectivity index (χ3n) is 4.46. The van der Waals surface area contributed by atoms with Crippen LogP contribution in [0.4, 0.5) is 5.69 Å². The predicted octanol–water partition coefficient (Wildman–Crippen LogP) is 1.31. The predicted molar refractivity (Wildman–Crippen MR) is 92.0 cm³/mol. The van der Waals surface area contributed by atoms with Crippen LogP contribution in [0.1, 0.15) is 5.56 Å². The zero-order valence-electron chi connectivity index (χ0n) is 12.7. The molecule has 0 saturated carbocycles. The fraction of sp³-hybridized carbons (Fsp3) is 0.562. The lowest BCUT2D eigenvalue weighted by atomic mass is 10.1. The minimum atomic E-state index is 0.925. The second kappa shape index (κ2) is 6.62. The monoisotopic (exact) mass is 304 g/mol. The molecule has 3 rings (SSSR count). The highest BCUT2D eigenvalue weighted by Gasteiger charge is 2.20. The molecule has 1 N–H and O–H groups in total. The standard InChI is InChI=1S/C16H24N4S/c1-14-4-2-3-5-15(14)19-11-8-18(9-12-19)10-13-20-7-6-17-16(20)21/h2-5H,6-13H2,1H3,(H,17,21). The van der Waals surface area contributed by atoms with Crippen LogP contribution in [0, 0.1) is 6.92 Å². The SMILES string of the molecule is Cc1ccccc1N1CCN(CCN2CCNC2=S)CC1. The molecule has 0 aliphatic carbocycles. The highest BCUT2D eigenvalue weighted by atomic mass is 32.1. The number of piperazine rings is 1. The summed E-state index contributed by atoms with van der Waals surface area (Å²) >= 11 is 5.29. The molecule has 2 fully saturated rings. The third-order valence-corrected chi connectivity index (χ3v) is 4.86. The molecule has 2 aliphatic rings. The molecule has 1 aromatic carbocycles. The number of hydrogen-bond donors (Lipinski definition) is 1. The van der Waals surface area contributed by atoms with Gasteiger partial charge in [0.25, 0.3) is 0 Å². The van der Waals surface area contributed by atoms with Crippen molar-refractivity contribution in [2.75, 3.05) is 57.3 Å². The Hall–Kier alpha value is -1.33. The number of nitrogens with zero attached hydrogens (tertiary/aromatic N) is 3. The first-order valence-corrected chi connectivity index (χ1v) is 8.20. The molecule has 0 unspecified atom stereocenters. The van der Waals surface area contributed by atoms with Crippen molar-refractivity contribution >= 4 is 23.0 Å². The summed E-state index contributed by atoms with van der Waals surface area (Å²) in [7, 11) is 0. The van der Waals surface area contributed by atoms with E-state index in [2.05, 4.69) is 51.2 Å². The lowest BCUT2D eigenvalue weighted by Crippen LogP contribution is -2.48. The number of anilines is 1. The van der Waals surface area contributed by atoms with Crippen LogP contribution in [0.3, 0.4) is 0 Å². The lowest BCUT2D eigenvalue weighted by Gasteiger charge is -2.37. The quantitative estimate of drug-likeness (QED) is 0.845. The van der Waals surface area contributed by atoms with Gasteiger partial charge in [-0.25, -0.2) is 0 Å². The van der Waals surface area contributed by atoms with Gasteiger partial charge in [-0.3, -0.25) is 4.90 Å². The molecule has 0 aromatic heterocycles. The fourth-order valence-corrected chi connectivity index (χ4v) is 3.40. The summed E-state index contributed by atoms with van der Waals surface area (Å²) in [6.07, 6.45) is 0. The van der Waals surface area contributed by atoms with E-state index >= 15 is 0 Å². The second-order valence-corrected chi connectivity index (χ2v) is 6.22. The van der Waals surface area contributed by atoms with Gasteiger partial charge in [-0.05, 0) is 30.8 Å². The molecule has 21 heavy (non-hydrogen) atoms. The Bertz CT molecular complexity index is 497. The van der Waals surface area contributed by atoms with E-state index in [9.17, 15) is 0 Å². The summed E-state index contributed by atoms with van der Waals surface area (Å²) in [5, 5.41) is 4.15. The Labute approximate surface area is 132 Å². The molecule has 4 nitrogen and oxygen atoms in total. The number of thiocarbonyl (C=S) groups is 1. The van der Waals surface area contributed by atoms with Crippen molar-refractivity contribution in [2.45, 2.75) is 6.92 Å². The van der Waals surface area contributed by atoms with Crippen molar-refractivity contribution in [3.05, 3.63) is 29.8 Å². The third kappa shape index (κ3) is 3.47. The van der Waals surface area contributed by atoms with E-state index in [1.165, 1.54) is 11.3 Å². The number of para-hydroxylation sites is 1. The van der Waals surface area contributed by atoms with Crippen LogP contribution in [0.2, 0.25) is 0 Å². The Kier molecular flexibility index (Phi) is 4.60. The van der Waals surface area contributed by atoms with Crippen molar-refractivity contribution in [2.24, 2.45) is 0 Å². The summed E-state index contributed by atoms with van der Waals surface area (Å²) < 4.78 is 0. The van der Waals surface area contributed by atoms with Gasteiger partial charge in [0.15, 0.2) is 5.11 Å². The van der Waals surface area contributed by atoms with E-state index in [-0.39, 0.29) is 0 Å². The van der Waals surface area contributed by atoms with E-state index in [1.54, 1.807) is 0 Å². The molecule has 0 atom stereocenters. The Balaban J connectivity index is 1.47. The van der Waals surface area contributed by atoms with Gasteiger partial charge in [0.1, 0.15) is 0 Å². The molecule has 0 bridgehead atoms. The molecule has 0 amide bonds. The van der Waals surface area contributed by atoms with E-state index in [1.807, 2.05) is 0 Å². The molecule has 1 aromatic rings. The topological polar surface area (TPSA) is 21.8 Å². The lowest BCUT2D eigenvalue weighted by molar-refractivity contribution is 0.239. The maximum Gasteiger partial charge on any atom is 0.169 e. The number of hydrogen-bond acceptors (Lipinski definition) is 3. The highest BCUT2D eigenvalue weighted by molar-refractivity contribution is 7.80. The Morgan fingerprint density at radius 2 is 1.81 bits per heavy atom. The molecule has 5 heteroatoms.